The number of para-hydroxylation sites is 1. The van der Waals surface area contributed by atoms with E-state index in [1.807, 2.05) is 17.5 Å². The van der Waals surface area contributed by atoms with Gasteiger partial charge < -0.3 is 5.32 Å². The van der Waals surface area contributed by atoms with Crippen LogP contribution in [0.4, 0.5) is 15.8 Å². The van der Waals surface area contributed by atoms with Gasteiger partial charge in [0.05, 0.1) is 21.2 Å². The van der Waals surface area contributed by atoms with Crippen LogP contribution in [0.25, 0.3) is 11.6 Å². The van der Waals surface area contributed by atoms with E-state index in [2.05, 4.69) is 10.0 Å². The molecule has 2 N–H and O–H groups in total. The van der Waals surface area contributed by atoms with E-state index < -0.39 is 10.0 Å². The highest BCUT2D eigenvalue weighted by molar-refractivity contribution is 7.92. The summed E-state index contributed by atoms with van der Waals surface area (Å²) in [6, 6.07) is 21.8. The molecule has 3 aromatic carbocycles. The van der Waals surface area contributed by atoms with Crippen LogP contribution in [-0.4, -0.2) is 14.3 Å². The Morgan fingerprint density at radius 3 is 2.26 bits per heavy atom. The zero-order chi connectivity index (χ0) is 24.1. The molecule has 34 heavy (non-hydrogen) atoms. The lowest BCUT2D eigenvalue weighted by Gasteiger charge is -2.11. The predicted octanol–water partition coefficient (Wildman–Crippen LogP) is 6.52. The average Bonchev–Trinajstić information content (AvgIpc) is 3.35. The Morgan fingerprint density at radius 2 is 1.62 bits per heavy atom. The fourth-order valence-electron chi connectivity index (χ4n) is 3.07. The zero-order valence-electron chi connectivity index (χ0n) is 17.5. The second-order valence-corrected chi connectivity index (χ2v) is 10.2. The molecular weight excluding hydrogens is 495 g/mol. The molecule has 0 bridgehead atoms. The van der Waals surface area contributed by atoms with Crippen LogP contribution in [0.2, 0.25) is 5.02 Å². The lowest BCUT2D eigenvalue weighted by molar-refractivity contribution is -0.111. The van der Waals surface area contributed by atoms with E-state index in [-0.39, 0.29) is 27.3 Å². The monoisotopic (exact) mass is 512 g/mol. The van der Waals surface area contributed by atoms with Crippen LogP contribution in [0.5, 0.6) is 0 Å². The standard InChI is InChI=1S/C25H18ClFN2O3S2/c26-22-4-1-2-5-23(22)29-34(31,32)20-13-11-19(12-14-20)28-25(30)21(24-6-3-15-33-24)16-17-7-9-18(27)10-8-17/h1-16,29H,(H,28,30). The summed E-state index contributed by atoms with van der Waals surface area (Å²) in [6.07, 6.45) is 1.67. The lowest BCUT2D eigenvalue weighted by atomic mass is 10.1. The third-order valence-corrected chi connectivity index (χ3v) is 7.37. The van der Waals surface area contributed by atoms with Gasteiger partial charge in [0.15, 0.2) is 0 Å². The number of sulfonamides is 1. The minimum atomic E-state index is -3.86. The molecule has 0 fully saturated rings. The van der Waals surface area contributed by atoms with Crippen LogP contribution < -0.4 is 10.0 Å². The minimum absolute atomic E-state index is 0.0192. The first kappa shape index (κ1) is 23.7. The molecule has 5 nitrogen and oxygen atoms in total. The summed E-state index contributed by atoms with van der Waals surface area (Å²) >= 11 is 7.44. The first-order valence-electron chi connectivity index (χ1n) is 10.0. The maximum Gasteiger partial charge on any atom is 0.261 e. The number of anilines is 2. The topological polar surface area (TPSA) is 75.3 Å². The van der Waals surface area contributed by atoms with Crippen LogP contribution in [0.1, 0.15) is 10.4 Å². The van der Waals surface area contributed by atoms with Crippen molar-refractivity contribution in [3.63, 3.8) is 0 Å². The highest BCUT2D eigenvalue weighted by Crippen LogP contribution is 2.27. The van der Waals surface area contributed by atoms with Crippen LogP contribution in [0.15, 0.2) is 95.2 Å². The summed E-state index contributed by atoms with van der Waals surface area (Å²) in [5, 5.41) is 4.92. The van der Waals surface area contributed by atoms with E-state index in [0.29, 0.717) is 16.8 Å². The van der Waals surface area contributed by atoms with Gasteiger partial charge in [-0.15, -0.1) is 11.3 Å². The Kier molecular flexibility index (Phi) is 7.12. The smallest absolute Gasteiger partial charge is 0.261 e. The van der Waals surface area contributed by atoms with E-state index in [9.17, 15) is 17.6 Å². The largest absolute Gasteiger partial charge is 0.322 e. The Hall–Kier alpha value is -3.46. The van der Waals surface area contributed by atoms with Crippen molar-refractivity contribution in [3.8, 4) is 0 Å². The maximum atomic E-state index is 13.3. The van der Waals surface area contributed by atoms with Crippen molar-refractivity contribution >= 4 is 61.9 Å². The molecular formula is C25H18ClFN2O3S2. The molecule has 0 saturated heterocycles. The molecule has 0 aliphatic heterocycles. The number of rotatable bonds is 7. The van der Waals surface area contributed by atoms with Crippen LogP contribution in [-0.2, 0) is 14.8 Å². The van der Waals surface area contributed by atoms with E-state index in [1.54, 1.807) is 42.5 Å². The molecule has 0 atom stereocenters. The van der Waals surface area contributed by atoms with E-state index >= 15 is 0 Å². The van der Waals surface area contributed by atoms with E-state index in [1.165, 1.54) is 47.7 Å². The highest BCUT2D eigenvalue weighted by Gasteiger charge is 2.17. The quantitative estimate of drug-likeness (QED) is 0.277. The van der Waals surface area contributed by atoms with E-state index in [0.717, 1.165) is 4.88 Å². The lowest BCUT2D eigenvalue weighted by Crippen LogP contribution is -2.15. The second kappa shape index (κ2) is 10.2. The molecule has 0 aliphatic carbocycles. The number of amides is 1. The molecule has 9 heteroatoms. The summed E-state index contributed by atoms with van der Waals surface area (Å²) in [7, 11) is -3.86. The molecule has 0 spiro atoms. The number of hydrogen-bond acceptors (Lipinski definition) is 4. The number of halogens is 2. The highest BCUT2D eigenvalue weighted by atomic mass is 35.5. The first-order valence-corrected chi connectivity index (χ1v) is 12.8. The molecule has 1 amide bonds. The van der Waals surface area contributed by atoms with Gasteiger partial charge in [0.1, 0.15) is 5.82 Å². The fraction of sp³-hybridized carbons (Fsp3) is 0. The molecule has 172 valence electrons. The minimum Gasteiger partial charge on any atom is -0.322 e. The van der Waals surface area contributed by atoms with Gasteiger partial charge in [0.25, 0.3) is 15.9 Å². The third kappa shape index (κ3) is 5.72. The van der Waals surface area contributed by atoms with Gasteiger partial charge in [0.2, 0.25) is 0 Å². The van der Waals surface area contributed by atoms with Gasteiger partial charge >= 0.3 is 0 Å². The molecule has 0 aliphatic rings. The predicted molar refractivity (Wildman–Crippen MR) is 136 cm³/mol. The SMILES string of the molecule is O=C(Nc1ccc(S(=O)(=O)Nc2ccccc2Cl)cc1)C(=Cc1ccc(F)cc1)c1cccs1. The maximum absolute atomic E-state index is 13.3. The summed E-state index contributed by atoms with van der Waals surface area (Å²) < 4.78 is 41.1. The van der Waals surface area contributed by atoms with Crippen LogP contribution in [0.3, 0.4) is 0 Å². The van der Waals surface area contributed by atoms with Crippen molar-refractivity contribution in [2.24, 2.45) is 0 Å². The molecule has 1 aromatic heterocycles. The van der Waals surface area contributed by atoms with Crippen molar-refractivity contribution in [1.82, 2.24) is 0 Å². The van der Waals surface area contributed by atoms with Gasteiger partial charge in [0, 0.05) is 10.6 Å². The fourth-order valence-corrected chi connectivity index (χ4v) is 5.13. The van der Waals surface area contributed by atoms with Crippen molar-refractivity contribution in [3.05, 3.63) is 112 Å². The van der Waals surface area contributed by atoms with Crippen molar-refractivity contribution < 1.29 is 17.6 Å². The van der Waals surface area contributed by atoms with Crippen LogP contribution in [0, 0.1) is 5.82 Å². The number of benzene rings is 3. The van der Waals surface area contributed by atoms with Crippen molar-refractivity contribution in [2.45, 2.75) is 4.90 Å². The molecule has 0 saturated carbocycles. The zero-order valence-corrected chi connectivity index (χ0v) is 19.9. The summed E-state index contributed by atoms with van der Waals surface area (Å²) in [5.41, 5.74) is 1.77. The van der Waals surface area contributed by atoms with Gasteiger partial charge in [-0.25, -0.2) is 12.8 Å². The van der Waals surface area contributed by atoms with Gasteiger partial charge in [-0.2, -0.15) is 0 Å². The van der Waals surface area contributed by atoms with Gasteiger partial charge in [-0.1, -0.05) is 41.9 Å². The van der Waals surface area contributed by atoms with E-state index in [4.69, 9.17) is 11.6 Å². The summed E-state index contributed by atoms with van der Waals surface area (Å²) in [6.45, 7) is 0. The second-order valence-electron chi connectivity index (χ2n) is 7.15. The van der Waals surface area contributed by atoms with Gasteiger partial charge in [-0.3, -0.25) is 9.52 Å². The van der Waals surface area contributed by atoms with Crippen LogP contribution >= 0.6 is 22.9 Å². The number of thiophene rings is 1. The number of hydrogen-bond donors (Lipinski definition) is 2. The number of carbonyl (C=O) groups excluding carboxylic acids is 1. The number of carbonyl (C=O) groups is 1. The summed E-state index contributed by atoms with van der Waals surface area (Å²) in [5.74, 6) is -0.741. The van der Waals surface area contributed by atoms with Crippen molar-refractivity contribution in [2.75, 3.05) is 10.0 Å². The Bertz CT molecular complexity index is 1430. The van der Waals surface area contributed by atoms with Gasteiger partial charge in [-0.05, 0) is 71.6 Å². The van der Waals surface area contributed by atoms with Crippen molar-refractivity contribution in [1.29, 1.82) is 0 Å². The molecule has 0 unspecified atom stereocenters. The first-order chi connectivity index (χ1) is 16.3. The normalized spacial score (nSPS) is 11.8. The number of nitrogens with one attached hydrogen (secondary N) is 2. The average molecular weight is 513 g/mol. The summed E-state index contributed by atoms with van der Waals surface area (Å²) in [4.78, 5) is 13.8. The molecule has 1 heterocycles. The Labute approximate surface area is 205 Å². The molecule has 0 radical (unpaired) electrons. The molecule has 4 aromatic rings. The molecule has 4 rings (SSSR count). The third-order valence-electron chi connectivity index (χ3n) is 4.75. The Balaban J connectivity index is 1.54. The Morgan fingerprint density at radius 1 is 0.912 bits per heavy atom.